The fourth-order valence-corrected chi connectivity index (χ4v) is 0.898. The maximum Gasteiger partial charge on any atom is 0.293 e. The molecule has 0 fully saturated rings. The summed E-state index contributed by atoms with van der Waals surface area (Å²) in [6.45, 7) is 1.89. The second-order valence-electron chi connectivity index (χ2n) is 2.24. The molecule has 0 aliphatic heterocycles. The van der Waals surface area contributed by atoms with Gasteiger partial charge < -0.3 is 9.30 Å². The number of hydrogen-bond donors (Lipinski definition) is 0. The average molecular weight is 153 g/mol. The lowest BCUT2D eigenvalue weighted by atomic mass is 10.4. The molecule has 0 saturated carbocycles. The highest BCUT2D eigenvalue weighted by Gasteiger charge is 1.88. The molecule has 1 aromatic heterocycles. The van der Waals surface area contributed by atoms with Crippen LogP contribution in [0.3, 0.4) is 0 Å². The van der Waals surface area contributed by atoms with Crippen molar-refractivity contribution in [2.24, 2.45) is 0 Å². The molecule has 0 radical (unpaired) electrons. The predicted molar refractivity (Wildman–Crippen MR) is 41.1 cm³/mol. The first kappa shape index (κ1) is 7.85. The highest BCUT2D eigenvalue weighted by atomic mass is 16.5. The number of nitrogens with zero attached hydrogens (tertiary/aromatic N) is 1. The van der Waals surface area contributed by atoms with E-state index in [2.05, 4.69) is 4.74 Å². The van der Waals surface area contributed by atoms with Crippen molar-refractivity contribution < 1.29 is 9.53 Å². The first-order chi connectivity index (χ1) is 5.43. The van der Waals surface area contributed by atoms with E-state index in [4.69, 9.17) is 0 Å². The van der Waals surface area contributed by atoms with Gasteiger partial charge in [0.2, 0.25) is 0 Å². The molecule has 0 aliphatic rings. The van der Waals surface area contributed by atoms with Crippen LogP contribution in [0.5, 0.6) is 0 Å². The smallest absolute Gasteiger partial charge is 0.293 e. The molecule has 3 heteroatoms. The lowest BCUT2D eigenvalue weighted by molar-refractivity contribution is -0.128. The van der Waals surface area contributed by atoms with Crippen molar-refractivity contribution in [2.45, 2.75) is 13.0 Å². The average Bonchev–Trinajstić information content (AvgIpc) is 2.50. The zero-order chi connectivity index (χ0) is 7.94. The summed E-state index contributed by atoms with van der Waals surface area (Å²) in [7, 11) is 0. The minimum Gasteiger partial charge on any atom is -0.468 e. The number of carbonyl (C=O) groups is 1. The summed E-state index contributed by atoms with van der Waals surface area (Å²) in [4.78, 5) is 9.74. The second-order valence-corrected chi connectivity index (χ2v) is 2.24. The molecule has 0 bridgehead atoms. The quantitative estimate of drug-likeness (QED) is 0.467. The Labute approximate surface area is 65.6 Å². The van der Waals surface area contributed by atoms with E-state index in [1.165, 1.54) is 0 Å². The zero-order valence-corrected chi connectivity index (χ0v) is 6.27. The summed E-state index contributed by atoms with van der Waals surface area (Å²) < 4.78 is 6.59. The minimum atomic E-state index is 0.482. The van der Waals surface area contributed by atoms with E-state index in [0.717, 1.165) is 13.0 Å². The third kappa shape index (κ3) is 2.89. The normalized spacial score (nSPS) is 9.45. The van der Waals surface area contributed by atoms with Gasteiger partial charge in [0.25, 0.3) is 6.47 Å². The number of aromatic nitrogens is 1. The highest BCUT2D eigenvalue weighted by Crippen LogP contribution is 1.92. The molecule has 60 valence electrons. The SMILES string of the molecule is O=COCCCn1cccc1. The standard InChI is InChI=1S/C8H11NO2/c10-8-11-7-3-6-9-4-1-2-5-9/h1-2,4-5,8H,3,6-7H2. The number of ether oxygens (including phenoxy) is 1. The van der Waals surface area contributed by atoms with Crippen LogP contribution in [0.4, 0.5) is 0 Å². The van der Waals surface area contributed by atoms with Crippen LogP contribution in [-0.4, -0.2) is 17.6 Å². The van der Waals surface area contributed by atoms with Gasteiger partial charge in [-0.15, -0.1) is 0 Å². The molecule has 0 amide bonds. The lowest BCUT2D eigenvalue weighted by Gasteiger charge is -2.00. The van der Waals surface area contributed by atoms with Crippen LogP contribution in [0.15, 0.2) is 24.5 Å². The van der Waals surface area contributed by atoms with Crippen LogP contribution in [0, 0.1) is 0 Å². The molecule has 1 aromatic rings. The van der Waals surface area contributed by atoms with Crippen molar-refractivity contribution in [1.29, 1.82) is 0 Å². The summed E-state index contributed by atoms with van der Waals surface area (Å²) >= 11 is 0. The van der Waals surface area contributed by atoms with Crippen molar-refractivity contribution in [3.05, 3.63) is 24.5 Å². The Hall–Kier alpha value is -1.25. The van der Waals surface area contributed by atoms with Gasteiger partial charge in [-0.2, -0.15) is 0 Å². The molecule has 0 saturated heterocycles. The van der Waals surface area contributed by atoms with Gasteiger partial charge in [-0.05, 0) is 18.6 Å². The van der Waals surface area contributed by atoms with E-state index < -0.39 is 0 Å². The number of aryl methyl sites for hydroxylation is 1. The summed E-state index contributed by atoms with van der Waals surface area (Å²) in [5.74, 6) is 0. The first-order valence-electron chi connectivity index (χ1n) is 3.59. The number of rotatable bonds is 5. The second kappa shape index (κ2) is 4.55. The van der Waals surface area contributed by atoms with Gasteiger partial charge >= 0.3 is 0 Å². The van der Waals surface area contributed by atoms with Crippen molar-refractivity contribution in [3.63, 3.8) is 0 Å². The predicted octanol–water partition coefficient (Wildman–Crippen LogP) is 1.05. The molecule has 1 rings (SSSR count). The zero-order valence-electron chi connectivity index (χ0n) is 6.27. The molecule has 1 heterocycles. The van der Waals surface area contributed by atoms with Crippen LogP contribution in [0.2, 0.25) is 0 Å². The van der Waals surface area contributed by atoms with Crippen LogP contribution >= 0.6 is 0 Å². The van der Waals surface area contributed by atoms with Crippen LogP contribution < -0.4 is 0 Å². The highest BCUT2D eigenvalue weighted by molar-refractivity contribution is 5.36. The number of carbonyl (C=O) groups excluding carboxylic acids is 1. The maximum atomic E-state index is 9.74. The van der Waals surface area contributed by atoms with Gasteiger partial charge in [-0.3, -0.25) is 4.79 Å². The summed E-state index contributed by atoms with van der Waals surface area (Å²) in [5, 5.41) is 0. The molecule has 0 unspecified atom stereocenters. The van der Waals surface area contributed by atoms with Gasteiger partial charge in [-0.1, -0.05) is 0 Å². The molecule has 0 atom stereocenters. The van der Waals surface area contributed by atoms with Crippen molar-refractivity contribution in [1.82, 2.24) is 4.57 Å². The molecular formula is C8H11NO2. The van der Waals surface area contributed by atoms with Crippen molar-refractivity contribution in [3.8, 4) is 0 Å². The molecule has 0 aromatic carbocycles. The molecule has 11 heavy (non-hydrogen) atoms. The monoisotopic (exact) mass is 153 g/mol. The largest absolute Gasteiger partial charge is 0.468 e. The van der Waals surface area contributed by atoms with Crippen molar-refractivity contribution in [2.75, 3.05) is 6.61 Å². The number of hydrogen-bond acceptors (Lipinski definition) is 2. The molecule has 3 nitrogen and oxygen atoms in total. The Balaban J connectivity index is 2.09. The molecular weight excluding hydrogens is 142 g/mol. The Morgan fingerprint density at radius 1 is 1.36 bits per heavy atom. The van der Waals surface area contributed by atoms with E-state index in [0.29, 0.717) is 13.1 Å². The fraction of sp³-hybridized carbons (Fsp3) is 0.375. The van der Waals surface area contributed by atoms with Crippen LogP contribution in [0.25, 0.3) is 0 Å². The molecule has 0 aliphatic carbocycles. The van der Waals surface area contributed by atoms with E-state index in [-0.39, 0.29) is 0 Å². The van der Waals surface area contributed by atoms with Gasteiger partial charge in [0, 0.05) is 18.9 Å². The summed E-state index contributed by atoms with van der Waals surface area (Å²) in [5.41, 5.74) is 0. The van der Waals surface area contributed by atoms with E-state index in [9.17, 15) is 4.79 Å². The maximum absolute atomic E-state index is 9.74. The molecule has 0 N–H and O–H groups in total. The van der Waals surface area contributed by atoms with Gasteiger partial charge in [-0.25, -0.2) is 0 Å². The minimum absolute atomic E-state index is 0.482. The van der Waals surface area contributed by atoms with E-state index in [1.54, 1.807) is 0 Å². The Morgan fingerprint density at radius 3 is 2.73 bits per heavy atom. The van der Waals surface area contributed by atoms with Gasteiger partial charge in [0.1, 0.15) is 0 Å². The lowest BCUT2D eigenvalue weighted by Crippen LogP contribution is -1.99. The Morgan fingerprint density at radius 2 is 2.09 bits per heavy atom. The Bertz CT molecular complexity index is 194. The van der Waals surface area contributed by atoms with Crippen molar-refractivity contribution >= 4 is 6.47 Å². The van der Waals surface area contributed by atoms with Crippen LogP contribution in [-0.2, 0) is 16.1 Å². The van der Waals surface area contributed by atoms with Gasteiger partial charge in [0.05, 0.1) is 6.61 Å². The fourth-order valence-electron chi connectivity index (χ4n) is 0.898. The third-order valence-corrected chi connectivity index (χ3v) is 1.41. The van der Waals surface area contributed by atoms with E-state index in [1.807, 2.05) is 29.1 Å². The Kier molecular flexibility index (Phi) is 3.25. The summed E-state index contributed by atoms with van der Waals surface area (Å²) in [6, 6.07) is 3.95. The topological polar surface area (TPSA) is 31.2 Å². The first-order valence-corrected chi connectivity index (χ1v) is 3.59. The van der Waals surface area contributed by atoms with Crippen LogP contribution in [0.1, 0.15) is 6.42 Å². The van der Waals surface area contributed by atoms with E-state index >= 15 is 0 Å². The summed E-state index contributed by atoms with van der Waals surface area (Å²) in [6.07, 6.45) is 4.84. The third-order valence-electron chi connectivity index (χ3n) is 1.41. The molecule has 0 spiro atoms. The van der Waals surface area contributed by atoms with Gasteiger partial charge in [0.15, 0.2) is 0 Å².